The van der Waals surface area contributed by atoms with Crippen LogP contribution in [-0.2, 0) is 17.9 Å². The molecule has 0 saturated carbocycles. The lowest BCUT2D eigenvalue weighted by molar-refractivity contribution is -0.128. The van der Waals surface area contributed by atoms with E-state index < -0.39 is 0 Å². The van der Waals surface area contributed by atoms with Crippen molar-refractivity contribution in [3.05, 3.63) is 65.7 Å². The van der Waals surface area contributed by atoms with Crippen LogP contribution in [0.2, 0.25) is 5.02 Å². The predicted octanol–water partition coefficient (Wildman–Crippen LogP) is 4.70. The van der Waals surface area contributed by atoms with Crippen molar-refractivity contribution in [3.63, 3.8) is 0 Å². The SMILES string of the molecule is C=CCn1c(SCC(=O)N(CC)Cc2ccc3c(c2)OCCO3)nnc1-c1ccc(Cl)cc1. The summed E-state index contributed by atoms with van der Waals surface area (Å²) >= 11 is 7.38. The number of aromatic nitrogens is 3. The molecule has 0 aliphatic carbocycles. The molecule has 0 fully saturated rings. The van der Waals surface area contributed by atoms with Gasteiger partial charge in [-0.1, -0.05) is 35.5 Å². The number of hydrogen-bond donors (Lipinski definition) is 0. The van der Waals surface area contributed by atoms with E-state index in [0.717, 1.165) is 22.6 Å². The lowest BCUT2D eigenvalue weighted by atomic mass is 10.2. The Hall–Kier alpha value is -2.97. The van der Waals surface area contributed by atoms with Crippen LogP contribution in [-0.4, -0.2) is 51.1 Å². The van der Waals surface area contributed by atoms with E-state index >= 15 is 0 Å². The van der Waals surface area contributed by atoms with Crippen LogP contribution in [0.25, 0.3) is 11.4 Å². The molecule has 2 heterocycles. The molecule has 1 aliphatic rings. The highest BCUT2D eigenvalue weighted by atomic mass is 35.5. The molecule has 1 aromatic heterocycles. The van der Waals surface area contributed by atoms with Crippen molar-refractivity contribution in [2.75, 3.05) is 25.5 Å². The molecule has 7 nitrogen and oxygen atoms in total. The molecule has 0 bridgehead atoms. The highest BCUT2D eigenvalue weighted by Gasteiger charge is 2.19. The first kappa shape index (κ1) is 23.2. The van der Waals surface area contributed by atoms with E-state index in [9.17, 15) is 4.79 Å². The maximum absolute atomic E-state index is 13.0. The summed E-state index contributed by atoms with van der Waals surface area (Å²) in [5, 5.41) is 9.98. The third-order valence-electron chi connectivity index (χ3n) is 5.17. The van der Waals surface area contributed by atoms with E-state index in [0.29, 0.717) is 48.9 Å². The van der Waals surface area contributed by atoms with Crippen LogP contribution < -0.4 is 9.47 Å². The number of carbonyl (C=O) groups excluding carboxylic acids is 1. The van der Waals surface area contributed by atoms with Gasteiger partial charge in [-0.25, -0.2) is 0 Å². The number of hydrogen-bond acceptors (Lipinski definition) is 6. The molecule has 0 radical (unpaired) electrons. The van der Waals surface area contributed by atoms with Crippen LogP contribution in [0.3, 0.4) is 0 Å². The molecule has 9 heteroatoms. The Bertz CT molecular complexity index is 1130. The summed E-state index contributed by atoms with van der Waals surface area (Å²) in [7, 11) is 0. The summed E-state index contributed by atoms with van der Waals surface area (Å²) in [6, 6.07) is 13.2. The van der Waals surface area contributed by atoms with Gasteiger partial charge in [0.05, 0.1) is 5.75 Å². The van der Waals surface area contributed by atoms with Gasteiger partial charge >= 0.3 is 0 Å². The third-order valence-corrected chi connectivity index (χ3v) is 6.37. The normalized spacial score (nSPS) is 12.4. The molecule has 0 spiro atoms. The summed E-state index contributed by atoms with van der Waals surface area (Å²) in [4.78, 5) is 14.8. The summed E-state index contributed by atoms with van der Waals surface area (Å²) in [6.07, 6.45) is 1.79. The standard InChI is InChI=1S/C24H25ClN4O3S/c1-3-11-29-23(18-6-8-19(25)9-7-18)26-27-24(29)33-16-22(30)28(4-2)15-17-5-10-20-21(14-17)32-13-12-31-20/h3,5-10,14H,1,4,11-13,15-16H2,2H3. The summed E-state index contributed by atoms with van der Waals surface area (Å²) in [5.41, 5.74) is 1.90. The van der Waals surface area contributed by atoms with Crippen molar-refractivity contribution < 1.29 is 14.3 Å². The van der Waals surface area contributed by atoms with Crippen LogP contribution in [0.5, 0.6) is 11.5 Å². The van der Waals surface area contributed by atoms with Crippen molar-refractivity contribution in [2.45, 2.75) is 25.2 Å². The smallest absolute Gasteiger partial charge is 0.233 e. The fraction of sp³-hybridized carbons (Fsp3) is 0.292. The molecular weight excluding hydrogens is 460 g/mol. The second kappa shape index (κ2) is 10.8. The molecule has 2 aromatic carbocycles. The van der Waals surface area contributed by atoms with Crippen molar-refractivity contribution in [1.82, 2.24) is 19.7 Å². The fourth-order valence-electron chi connectivity index (χ4n) is 3.50. The van der Waals surface area contributed by atoms with Crippen LogP contribution in [0.4, 0.5) is 0 Å². The van der Waals surface area contributed by atoms with Crippen molar-refractivity contribution >= 4 is 29.3 Å². The van der Waals surface area contributed by atoms with Crippen LogP contribution in [0.15, 0.2) is 60.3 Å². The highest BCUT2D eigenvalue weighted by Crippen LogP contribution is 2.31. The van der Waals surface area contributed by atoms with Gasteiger partial charge < -0.3 is 14.4 Å². The van der Waals surface area contributed by atoms with Gasteiger partial charge in [-0.2, -0.15) is 0 Å². The number of ether oxygens (including phenoxy) is 2. The zero-order chi connectivity index (χ0) is 23.2. The fourth-order valence-corrected chi connectivity index (χ4v) is 4.48. The molecule has 1 aliphatic heterocycles. The molecule has 0 atom stereocenters. The zero-order valence-electron chi connectivity index (χ0n) is 18.4. The number of nitrogens with zero attached hydrogens (tertiary/aromatic N) is 4. The van der Waals surface area contributed by atoms with Crippen LogP contribution >= 0.6 is 23.4 Å². The first-order chi connectivity index (χ1) is 16.1. The molecule has 33 heavy (non-hydrogen) atoms. The number of rotatable bonds is 9. The van der Waals surface area contributed by atoms with Gasteiger partial charge in [0.15, 0.2) is 22.5 Å². The quantitative estimate of drug-likeness (QED) is 0.324. The highest BCUT2D eigenvalue weighted by molar-refractivity contribution is 7.99. The Morgan fingerprint density at radius 1 is 1.18 bits per heavy atom. The number of benzene rings is 2. The molecule has 0 saturated heterocycles. The van der Waals surface area contributed by atoms with Gasteiger partial charge in [0.1, 0.15) is 13.2 Å². The van der Waals surface area contributed by atoms with Gasteiger partial charge in [-0.3, -0.25) is 9.36 Å². The molecular formula is C24H25ClN4O3S. The summed E-state index contributed by atoms with van der Waals surface area (Å²) in [5.74, 6) is 2.47. The number of fused-ring (bicyclic) bond motifs is 1. The number of thioether (sulfide) groups is 1. The van der Waals surface area contributed by atoms with E-state index in [1.165, 1.54) is 11.8 Å². The average Bonchev–Trinajstić information content (AvgIpc) is 3.24. The van der Waals surface area contributed by atoms with Crippen molar-refractivity contribution in [1.29, 1.82) is 0 Å². The first-order valence-corrected chi connectivity index (χ1v) is 12.0. The van der Waals surface area contributed by atoms with Gasteiger partial charge in [-0.15, -0.1) is 16.8 Å². The largest absolute Gasteiger partial charge is 0.486 e. The van der Waals surface area contributed by atoms with Gasteiger partial charge in [0.25, 0.3) is 0 Å². The first-order valence-electron chi connectivity index (χ1n) is 10.7. The topological polar surface area (TPSA) is 69.5 Å². The molecule has 1 amide bonds. The molecule has 0 N–H and O–H groups in total. The second-order valence-corrected chi connectivity index (χ2v) is 8.77. The Labute approximate surface area is 202 Å². The molecule has 4 rings (SSSR count). The maximum atomic E-state index is 13.0. The van der Waals surface area contributed by atoms with Crippen LogP contribution in [0, 0.1) is 0 Å². The molecule has 3 aromatic rings. The van der Waals surface area contributed by atoms with E-state index in [2.05, 4.69) is 16.8 Å². The number of amides is 1. The van der Waals surface area contributed by atoms with E-state index in [1.807, 2.05) is 58.9 Å². The van der Waals surface area contributed by atoms with E-state index in [-0.39, 0.29) is 11.7 Å². The van der Waals surface area contributed by atoms with Gasteiger partial charge in [0, 0.05) is 30.2 Å². The second-order valence-electron chi connectivity index (χ2n) is 7.39. The zero-order valence-corrected chi connectivity index (χ0v) is 19.9. The Morgan fingerprint density at radius 3 is 2.67 bits per heavy atom. The lowest BCUT2D eigenvalue weighted by Crippen LogP contribution is -2.31. The molecule has 172 valence electrons. The minimum absolute atomic E-state index is 0.0265. The summed E-state index contributed by atoms with van der Waals surface area (Å²) < 4.78 is 13.2. The summed E-state index contributed by atoms with van der Waals surface area (Å²) in [6.45, 7) is 8.54. The third kappa shape index (κ3) is 5.51. The number of halogens is 1. The number of allylic oxidation sites excluding steroid dienone is 1. The van der Waals surface area contributed by atoms with Crippen molar-refractivity contribution in [2.24, 2.45) is 0 Å². The predicted molar refractivity (Wildman–Crippen MR) is 130 cm³/mol. The molecule has 0 unspecified atom stereocenters. The van der Waals surface area contributed by atoms with E-state index in [4.69, 9.17) is 21.1 Å². The Balaban J connectivity index is 1.44. The average molecular weight is 485 g/mol. The maximum Gasteiger partial charge on any atom is 0.233 e. The van der Waals surface area contributed by atoms with Gasteiger partial charge in [0.2, 0.25) is 5.91 Å². The van der Waals surface area contributed by atoms with E-state index in [1.54, 1.807) is 6.08 Å². The minimum atomic E-state index is 0.0265. The van der Waals surface area contributed by atoms with Gasteiger partial charge in [-0.05, 0) is 48.9 Å². The van der Waals surface area contributed by atoms with Crippen molar-refractivity contribution in [3.8, 4) is 22.9 Å². The number of carbonyl (C=O) groups is 1. The Morgan fingerprint density at radius 2 is 1.94 bits per heavy atom. The monoisotopic (exact) mass is 484 g/mol. The minimum Gasteiger partial charge on any atom is -0.486 e. The lowest BCUT2D eigenvalue weighted by Gasteiger charge is -2.23. The van der Waals surface area contributed by atoms with Crippen LogP contribution in [0.1, 0.15) is 12.5 Å². The Kier molecular flexibility index (Phi) is 7.57.